The Kier molecular flexibility index (Phi) is 4.30. The van der Waals surface area contributed by atoms with Gasteiger partial charge in [-0.2, -0.15) is 0 Å². The Hall–Kier alpha value is -1.34. The first-order valence-electron chi connectivity index (χ1n) is 5.06. The second kappa shape index (κ2) is 5.33. The lowest BCUT2D eigenvalue weighted by Crippen LogP contribution is -2.42. The zero-order chi connectivity index (χ0) is 13.1. The summed E-state index contributed by atoms with van der Waals surface area (Å²) < 4.78 is 19.7. The van der Waals surface area contributed by atoms with Crippen LogP contribution in [0.15, 0.2) is 0 Å². The molecule has 17 heavy (non-hydrogen) atoms. The number of carbonyl (C=O) groups is 2. The van der Waals surface area contributed by atoms with E-state index in [-0.39, 0.29) is 13.0 Å². The number of nitrogens with zero attached hydrogens (tertiary/aromatic N) is 1. The normalized spacial score (nSPS) is 22.4. The van der Waals surface area contributed by atoms with Gasteiger partial charge < -0.3 is 18.9 Å². The lowest BCUT2D eigenvalue weighted by Gasteiger charge is -2.25. The van der Waals surface area contributed by atoms with Gasteiger partial charge in [-0.25, -0.2) is 9.59 Å². The molecule has 0 aromatic heterocycles. The fourth-order valence-corrected chi connectivity index (χ4v) is 1.87. The minimum Gasteiger partial charge on any atom is -0.467 e. The van der Waals surface area contributed by atoms with Crippen LogP contribution in [0.4, 0.5) is 4.79 Å². The van der Waals surface area contributed by atoms with Gasteiger partial charge in [0.25, 0.3) is 0 Å². The topological polar surface area (TPSA) is 74.3 Å². The second-order valence-corrected chi connectivity index (χ2v) is 3.66. The van der Waals surface area contributed by atoms with Crippen molar-refractivity contribution in [1.82, 2.24) is 4.90 Å². The summed E-state index contributed by atoms with van der Waals surface area (Å²) in [6.45, 7) is 0.118. The third-order valence-electron chi connectivity index (χ3n) is 2.92. The SMILES string of the molecule is COC(=O)[C@H]1CC(OC)(OC)CN1C(=O)OC. The molecule has 1 fully saturated rings. The van der Waals surface area contributed by atoms with Gasteiger partial charge in [0.2, 0.25) is 0 Å². The van der Waals surface area contributed by atoms with Gasteiger partial charge in [-0.3, -0.25) is 4.90 Å². The fourth-order valence-electron chi connectivity index (χ4n) is 1.87. The van der Waals surface area contributed by atoms with E-state index in [4.69, 9.17) is 9.47 Å². The summed E-state index contributed by atoms with van der Waals surface area (Å²) in [6.07, 6.45) is -0.404. The number of ether oxygens (including phenoxy) is 4. The van der Waals surface area contributed by atoms with Crippen LogP contribution in [-0.4, -0.2) is 63.8 Å². The number of rotatable bonds is 3. The molecule has 7 nitrogen and oxygen atoms in total. The highest BCUT2D eigenvalue weighted by atomic mass is 16.7. The molecular formula is C10H17NO6. The van der Waals surface area contributed by atoms with Crippen LogP contribution < -0.4 is 0 Å². The van der Waals surface area contributed by atoms with Crippen molar-refractivity contribution in [1.29, 1.82) is 0 Å². The Morgan fingerprint density at radius 3 is 2.12 bits per heavy atom. The molecular weight excluding hydrogens is 230 g/mol. The predicted octanol–water partition coefficient (Wildman–Crippen LogP) is -0.0108. The summed E-state index contributed by atoms with van der Waals surface area (Å²) in [5.41, 5.74) is 0. The first-order valence-corrected chi connectivity index (χ1v) is 5.06. The molecule has 0 aromatic rings. The van der Waals surface area contributed by atoms with Gasteiger partial charge in [0.05, 0.1) is 20.8 Å². The zero-order valence-corrected chi connectivity index (χ0v) is 10.4. The van der Waals surface area contributed by atoms with Crippen molar-refractivity contribution in [2.75, 3.05) is 35.0 Å². The highest BCUT2D eigenvalue weighted by Crippen LogP contribution is 2.31. The molecule has 1 atom stereocenters. The van der Waals surface area contributed by atoms with E-state index in [1.54, 1.807) is 0 Å². The molecule has 1 amide bonds. The fraction of sp³-hybridized carbons (Fsp3) is 0.800. The van der Waals surface area contributed by atoms with Crippen LogP contribution in [0.5, 0.6) is 0 Å². The van der Waals surface area contributed by atoms with Crippen molar-refractivity contribution < 1.29 is 28.5 Å². The van der Waals surface area contributed by atoms with Gasteiger partial charge >= 0.3 is 12.1 Å². The Morgan fingerprint density at radius 2 is 1.71 bits per heavy atom. The molecule has 0 aromatic carbocycles. The van der Waals surface area contributed by atoms with Crippen molar-refractivity contribution >= 4 is 12.1 Å². The highest BCUT2D eigenvalue weighted by molar-refractivity contribution is 5.82. The first kappa shape index (κ1) is 13.7. The summed E-state index contributed by atoms with van der Waals surface area (Å²) in [6, 6.07) is -0.757. The molecule has 1 heterocycles. The average Bonchev–Trinajstić information content (AvgIpc) is 2.77. The predicted molar refractivity (Wildman–Crippen MR) is 56.3 cm³/mol. The number of likely N-dealkylation sites (tertiary alicyclic amines) is 1. The molecule has 0 unspecified atom stereocenters. The van der Waals surface area contributed by atoms with Gasteiger partial charge in [0.15, 0.2) is 5.79 Å². The van der Waals surface area contributed by atoms with Crippen LogP contribution in [0, 0.1) is 0 Å². The summed E-state index contributed by atoms with van der Waals surface area (Å²) in [5.74, 6) is -1.51. The van der Waals surface area contributed by atoms with E-state index < -0.39 is 23.9 Å². The van der Waals surface area contributed by atoms with E-state index in [9.17, 15) is 9.59 Å². The lowest BCUT2D eigenvalue weighted by atomic mass is 10.1. The van der Waals surface area contributed by atoms with E-state index in [1.807, 2.05) is 0 Å². The van der Waals surface area contributed by atoms with Crippen LogP contribution >= 0.6 is 0 Å². The molecule has 1 saturated heterocycles. The minimum atomic E-state index is -0.993. The van der Waals surface area contributed by atoms with E-state index in [0.29, 0.717) is 0 Å². The van der Waals surface area contributed by atoms with Gasteiger partial charge in [-0.1, -0.05) is 0 Å². The summed E-state index contributed by atoms with van der Waals surface area (Å²) in [7, 11) is 5.42. The van der Waals surface area contributed by atoms with Gasteiger partial charge in [0.1, 0.15) is 6.04 Å². The number of amides is 1. The molecule has 0 aliphatic carbocycles. The Bertz CT molecular complexity index is 275. The molecule has 7 heteroatoms. The summed E-state index contributed by atoms with van der Waals surface area (Å²) >= 11 is 0. The Labute approximate surface area is 99.6 Å². The standard InChI is InChI=1S/C10H17NO6/c1-14-8(12)7-5-10(16-3,17-4)6-11(7)9(13)15-2/h7H,5-6H2,1-4H3/t7-/m1/s1. The number of methoxy groups -OCH3 is 4. The minimum absolute atomic E-state index is 0.118. The van der Waals surface area contributed by atoms with E-state index in [0.717, 1.165) is 0 Å². The van der Waals surface area contributed by atoms with Crippen LogP contribution in [0.1, 0.15) is 6.42 Å². The quantitative estimate of drug-likeness (QED) is 0.516. The van der Waals surface area contributed by atoms with Crippen LogP contribution in [0.25, 0.3) is 0 Å². The molecule has 0 radical (unpaired) electrons. The number of hydrogen-bond acceptors (Lipinski definition) is 6. The van der Waals surface area contributed by atoms with Crippen LogP contribution in [0.3, 0.4) is 0 Å². The van der Waals surface area contributed by atoms with E-state index in [2.05, 4.69) is 9.47 Å². The maximum Gasteiger partial charge on any atom is 0.410 e. The highest BCUT2D eigenvalue weighted by Gasteiger charge is 2.50. The average molecular weight is 247 g/mol. The van der Waals surface area contributed by atoms with E-state index >= 15 is 0 Å². The second-order valence-electron chi connectivity index (χ2n) is 3.66. The van der Waals surface area contributed by atoms with Crippen molar-refractivity contribution in [3.8, 4) is 0 Å². The number of esters is 1. The van der Waals surface area contributed by atoms with Gasteiger partial charge in [-0.15, -0.1) is 0 Å². The first-order chi connectivity index (χ1) is 8.03. The van der Waals surface area contributed by atoms with Crippen molar-refractivity contribution in [2.45, 2.75) is 18.2 Å². The molecule has 1 rings (SSSR count). The zero-order valence-electron chi connectivity index (χ0n) is 10.4. The van der Waals surface area contributed by atoms with Crippen LogP contribution in [-0.2, 0) is 23.7 Å². The number of hydrogen-bond donors (Lipinski definition) is 0. The van der Waals surface area contributed by atoms with Gasteiger partial charge in [-0.05, 0) is 0 Å². The Balaban J connectivity index is 2.93. The molecule has 0 spiro atoms. The third kappa shape index (κ3) is 2.50. The monoisotopic (exact) mass is 247 g/mol. The lowest BCUT2D eigenvalue weighted by molar-refractivity contribution is -0.195. The van der Waals surface area contributed by atoms with Gasteiger partial charge in [0, 0.05) is 20.6 Å². The largest absolute Gasteiger partial charge is 0.467 e. The van der Waals surface area contributed by atoms with Crippen LogP contribution in [0.2, 0.25) is 0 Å². The van der Waals surface area contributed by atoms with E-state index in [1.165, 1.54) is 33.3 Å². The maximum atomic E-state index is 11.6. The molecule has 98 valence electrons. The Morgan fingerprint density at radius 1 is 1.12 bits per heavy atom. The molecule has 0 N–H and O–H groups in total. The molecule has 1 aliphatic heterocycles. The molecule has 0 bridgehead atoms. The summed E-state index contributed by atoms with van der Waals surface area (Å²) in [4.78, 5) is 24.4. The smallest absolute Gasteiger partial charge is 0.410 e. The van der Waals surface area contributed by atoms with Crippen molar-refractivity contribution in [3.63, 3.8) is 0 Å². The van der Waals surface area contributed by atoms with Crippen molar-refractivity contribution in [3.05, 3.63) is 0 Å². The maximum absolute atomic E-state index is 11.6. The third-order valence-corrected chi connectivity index (χ3v) is 2.92. The number of carbonyl (C=O) groups excluding carboxylic acids is 2. The molecule has 1 aliphatic rings. The summed E-state index contributed by atoms with van der Waals surface area (Å²) in [5, 5.41) is 0. The van der Waals surface area contributed by atoms with Crippen molar-refractivity contribution in [2.24, 2.45) is 0 Å². The molecule has 0 saturated carbocycles.